The fourth-order valence-corrected chi connectivity index (χ4v) is 3.29. The molecule has 2 aromatic rings. The minimum atomic E-state index is -0.211. The third kappa shape index (κ3) is 4.48. The van der Waals surface area contributed by atoms with Crippen molar-refractivity contribution < 1.29 is 4.79 Å². The number of rotatable bonds is 4. The summed E-state index contributed by atoms with van der Waals surface area (Å²) in [7, 11) is 0. The maximum Gasteiger partial charge on any atom is 0.270 e. The van der Waals surface area contributed by atoms with Crippen molar-refractivity contribution in [1.82, 2.24) is 15.3 Å². The summed E-state index contributed by atoms with van der Waals surface area (Å²) in [6.07, 6.45) is 2.36. The number of carbonyl (C=O) groups is 1. The maximum atomic E-state index is 12.5. The molecular formula is C19H23ClN4O. The molecule has 0 spiro atoms. The number of piperidine rings is 1. The normalized spacial score (nSPS) is 17.4. The Morgan fingerprint density at radius 1 is 1.36 bits per heavy atom. The Morgan fingerprint density at radius 2 is 2.16 bits per heavy atom. The second-order valence-corrected chi connectivity index (χ2v) is 7.07. The zero-order valence-electron chi connectivity index (χ0n) is 14.6. The third-order valence-corrected chi connectivity index (χ3v) is 4.78. The maximum absolute atomic E-state index is 12.5. The highest BCUT2D eigenvalue weighted by Gasteiger charge is 2.20. The molecule has 1 N–H and O–H groups in total. The van der Waals surface area contributed by atoms with E-state index in [0.29, 0.717) is 29.1 Å². The highest BCUT2D eigenvalue weighted by Crippen LogP contribution is 2.20. The zero-order chi connectivity index (χ0) is 17.8. The average Bonchev–Trinajstić information content (AvgIpc) is 2.60. The first-order valence-corrected chi connectivity index (χ1v) is 9.03. The fraction of sp³-hybridized carbons (Fsp3) is 0.421. The Morgan fingerprint density at radius 3 is 2.92 bits per heavy atom. The first kappa shape index (κ1) is 17.7. The Hall–Kier alpha value is -2.14. The van der Waals surface area contributed by atoms with Crippen LogP contribution in [0.5, 0.6) is 0 Å². The van der Waals surface area contributed by atoms with Gasteiger partial charge in [-0.1, -0.05) is 36.7 Å². The third-order valence-electron chi connectivity index (χ3n) is 4.41. The van der Waals surface area contributed by atoms with Gasteiger partial charge in [0.25, 0.3) is 5.91 Å². The number of carbonyl (C=O) groups excluding carboxylic acids is 1. The van der Waals surface area contributed by atoms with Gasteiger partial charge in [-0.05, 0) is 43.4 Å². The lowest BCUT2D eigenvalue weighted by molar-refractivity contribution is 0.0945. The van der Waals surface area contributed by atoms with E-state index < -0.39 is 0 Å². The van der Waals surface area contributed by atoms with Gasteiger partial charge in [0, 0.05) is 30.4 Å². The van der Waals surface area contributed by atoms with Crippen LogP contribution in [0.15, 0.2) is 30.3 Å². The molecule has 6 heteroatoms. The van der Waals surface area contributed by atoms with Crippen molar-refractivity contribution in [2.45, 2.75) is 33.2 Å². The van der Waals surface area contributed by atoms with E-state index >= 15 is 0 Å². The van der Waals surface area contributed by atoms with Gasteiger partial charge in [-0.25, -0.2) is 9.97 Å². The molecule has 25 heavy (non-hydrogen) atoms. The van der Waals surface area contributed by atoms with Gasteiger partial charge in [0.15, 0.2) is 0 Å². The van der Waals surface area contributed by atoms with E-state index in [1.165, 1.54) is 6.42 Å². The highest BCUT2D eigenvalue weighted by atomic mass is 35.5. The summed E-state index contributed by atoms with van der Waals surface area (Å²) in [6.45, 7) is 6.37. The summed E-state index contributed by atoms with van der Waals surface area (Å²) in [5, 5.41) is 3.53. The summed E-state index contributed by atoms with van der Waals surface area (Å²) in [5.41, 5.74) is 2.08. The quantitative estimate of drug-likeness (QED) is 0.907. The lowest BCUT2D eigenvalue weighted by Crippen LogP contribution is -2.36. The summed E-state index contributed by atoms with van der Waals surface area (Å²) >= 11 is 6.14. The summed E-state index contributed by atoms with van der Waals surface area (Å²) in [6, 6.07) is 9.20. The number of benzene rings is 1. The van der Waals surface area contributed by atoms with Crippen LogP contribution in [0.3, 0.4) is 0 Å². The first-order valence-electron chi connectivity index (χ1n) is 8.65. The van der Waals surface area contributed by atoms with Crippen LogP contribution < -0.4 is 10.2 Å². The number of hydrogen-bond donors (Lipinski definition) is 1. The van der Waals surface area contributed by atoms with Gasteiger partial charge in [0.1, 0.15) is 5.69 Å². The predicted octanol–water partition coefficient (Wildman–Crippen LogP) is 3.60. The largest absolute Gasteiger partial charge is 0.347 e. The standard InChI is InChI=1S/C19H23ClN4O/c1-13-6-5-9-24(12-13)19-22-14(2)10-17(23-19)18(25)21-11-15-7-3-4-8-16(15)20/h3-4,7-8,10,13H,5-6,9,11-12H2,1-2H3,(H,21,25). The molecular weight excluding hydrogens is 336 g/mol. The lowest BCUT2D eigenvalue weighted by Gasteiger charge is -2.31. The minimum absolute atomic E-state index is 0.211. The van der Waals surface area contributed by atoms with E-state index in [1.807, 2.05) is 31.2 Å². The van der Waals surface area contributed by atoms with Crippen molar-refractivity contribution in [3.63, 3.8) is 0 Å². The van der Waals surface area contributed by atoms with E-state index in [1.54, 1.807) is 6.07 Å². The van der Waals surface area contributed by atoms with Crippen molar-refractivity contribution in [1.29, 1.82) is 0 Å². The lowest BCUT2D eigenvalue weighted by atomic mass is 10.0. The molecule has 1 aromatic heterocycles. The molecule has 5 nitrogen and oxygen atoms in total. The molecule has 0 bridgehead atoms. The van der Waals surface area contributed by atoms with Crippen molar-refractivity contribution in [2.24, 2.45) is 5.92 Å². The van der Waals surface area contributed by atoms with Gasteiger partial charge in [0.2, 0.25) is 5.95 Å². The van der Waals surface area contributed by atoms with E-state index in [4.69, 9.17) is 11.6 Å². The zero-order valence-corrected chi connectivity index (χ0v) is 15.4. The topological polar surface area (TPSA) is 58.1 Å². The second kappa shape index (κ2) is 7.83. The molecule has 132 valence electrons. The van der Waals surface area contributed by atoms with E-state index in [-0.39, 0.29) is 5.91 Å². The molecule has 3 rings (SSSR count). The van der Waals surface area contributed by atoms with Gasteiger partial charge >= 0.3 is 0 Å². The van der Waals surface area contributed by atoms with Gasteiger partial charge in [-0.15, -0.1) is 0 Å². The molecule has 2 heterocycles. The molecule has 1 aliphatic heterocycles. The van der Waals surface area contributed by atoms with Crippen LogP contribution in [0.1, 0.15) is 41.5 Å². The van der Waals surface area contributed by atoms with Gasteiger partial charge in [0.05, 0.1) is 0 Å². The Labute approximate surface area is 153 Å². The van der Waals surface area contributed by atoms with Crippen LogP contribution in [-0.4, -0.2) is 29.0 Å². The molecule has 0 aliphatic carbocycles. The van der Waals surface area contributed by atoms with E-state index in [9.17, 15) is 4.79 Å². The Kier molecular flexibility index (Phi) is 5.53. The number of hydrogen-bond acceptors (Lipinski definition) is 4. The number of nitrogens with one attached hydrogen (secondary N) is 1. The second-order valence-electron chi connectivity index (χ2n) is 6.66. The number of halogens is 1. The SMILES string of the molecule is Cc1cc(C(=O)NCc2ccccc2Cl)nc(N2CCCC(C)C2)n1. The van der Waals surface area contributed by atoms with Crippen molar-refractivity contribution >= 4 is 23.5 Å². The average molecular weight is 359 g/mol. The monoisotopic (exact) mass is 358 g/mol. The Bertz CT molecular complexity index is 765. The van der Waals surface area contributed by atoms with E-state index in [2.05, 4.69) is 27.1 Å². The van der Waals surface area contributed by atoms with Crippen LogP contribution in [0.2, 0.25) is 5.02 Å². The molecule has 1 aliphatic rings. The van der Waals surface area contributed by atoms with Gasteiger partial charge in [-0.3, -0.25) is 4.79 Å². The van der Waals surface area contributed by atoms with Crippen LogP contribution in [0.4, 0.5) is 5.95 Å². The van der Waals surface area contributed by atoms with Crippen LogP contribution in [0.25, 0.3) is 0 Å². The Balaban J connectivity index is 1.73. The fourth-order valence-electron chi connectivity index (χ4n) is 3.09. The minimum Gasteiger partial charge on any atom is -0.347 e. The van der Waals surface area contributed by atoms with E-state index in [0.717, 1.165) is 30.8 Å². The molecule has 0 radical (unpaired) electrons. The highest BCUT2D eigenvalue weighted by molar-refractivity contribution is 6.31. The molecule has 1 fully saturated rings. The predicted molar refractivity (Wildman–Crippen MR) is 100 cm³/mol. The number of aryl methyl sites for hydroxylation is 1. The van der Waals surface area contributed by atoms with Crippen molar-refractivity contribution in [2.75, 3.05) is 18.0 Å². The molecule has 1 aromatic carbocycles. The smallest absolute Gasteiger partial charge is 0.270 e. The van der Waals surface area contributed by atoms with Crippen LogP contribution in [0, 0.1) is 12.8 Å². The summed E-state index contributed by atoms with van der Waals surface area (Å²) in [5.74, 6) is 1.06. The van der Waals surface area contributed by atoms with Crippen LogP contribution >= 0.6 is 11.6 Å². The molecule has 1 atom stereocenters. The van der Waals surface area contributed by atoms with Crippen molar-refractivity contribution in [3.8, 4) is 0 Å². The number of aromatic nitrogens is 2. The molecule has 0 saturated carbocycles. The molecule has 1 saturated heterocycles. The number of anilines is 1. The molecule has 1 amide bonds. The summed E-state index contributed by atoms with van der Waals surface area (Å²) in [4.78, 5) is 23.7. The molecule has 1 unspecified atom stereocenters. The first-order chi connectivity index (χ1) is 12.0. The summed E-state index contributed by atoms with van der Waals surface area (Å²) < 4.78 is 0. The van der Waals surface area contributed by atoms with Gasteiger partial charge in [-0.2, -0.15) is 0 Å². The number of nitrogens with zero attached hydrogens (tertiary/aromatic N) is 3. The van der Waals surface area contributed by atoms with Crippen molar-refractivity contribution in [3.05, 3.63) is 52.3 Å². The number of amides is 1. The van der Waals surface area contributed by atoms with Gasteiger partial charge < -0.3 is 10.2 Å². The van der Waals surface area contributed by atoms with Crippen LogP contribution in [-0.2, 0) is 6.54 Å².